The average molecular weight is 592 g/mol. The van der Waals surface area contributed by atoms with Gasteiger partial charge in [-0.25, -0.2) is 4.99 Å². The van der Waals surface area contributed by atoms with Crippen molar-refractivity contribution in [3.05, 3.63) is 130 Å². The molecule has 1 saturated heterocycles. The van der Waals surface area contributed by atoms with Crippen LogP contribution < -0.4 is 5.32 Å². The molecule has 0 aliphatic carbocycles. The van der Waals surface area contributed by atoms with E-state index in [-0.39, 0.29) is 11.8 Å². The lowest BCUT2D eigenvalue weighted by Crippen LogP contribution is -2.43. The molecule has 1 aliphatic rings. The molecule has 43 heavy (non-hydrogen) atoms. The molecule has 2 heterocycles. The first-order valence-corrected chi connectivity index (χ1v) is 14.8. The van der Waals surface area contributed by atoms with Crippen molar-refractivity contribution < 1.29 is 9.90 Å². The van der Waals surface area contributed by atoms with Gasteiger partial charge in [0.25, 0.3) is 5.91 Å². The number of nitrogens with one attached hydrogen (secondary N) is 2. The van der Waals surface area contributed by atoms with E-state index >= 15 is 0 Å². The molecule has 7 nitrogen and oxygen atoms in total. The van der Waals surface area contributed by atoms with E-state index in [1.54, 1.807) is 18.2 Å². The lowest BCUT2D eigenvalue weighted by Gasteiger charge is -2.32. The fraction of sp³-hybridized carbons (Fsp3) is 0.200. The number of benzene rings is 4. The molecule has 0 bridgehead atoms. The number of hydrogen-bond acceptors (Lipinski definition) is 5. The van der Waals surface area contributed by atoms with Gasteiger partial charge in [0.1, 0.15) is 0 Å². The van der Waals surface area contributed by atoms with E-state index in [0.29, 0.717) is 39.3 Å². The highest BCUT2D eigenvalue weighted by molar-refractivity contribution is 6.30. The minimum atomic E-state index is -0.220. The van der Waals surface area contributed by atoms with Crippen LogP contribution in [0, 0.1) is 0 Å². The number of aromatic hydroxyl groups is 1. The number of rotatable bonds is 8. The van der Waals surface area contributed by atoms with Gasteiger partial charge < -0.3 is 20.3 Å². The molecule has 1 amide bonds. The van der Waals surface area contributed by atoms with E-state index in [0.717, 1.165) is 49.5 Å². The average Bonchev–Trinajstić information content (AvgIpc) is 3.35. The van der Waals surface area contributed by atoms with Gasteiger partial charge in [0.2, 0.25) is 0 Å². The number of H-pyrrole nitrogens is 1. The van der Waals surface area contributed by atoms with Crippen LogP contribution in [0.2, 0.25) is 5.02 Å². The Labute approximate surface area is 256 Å². The van der Waals surface area contributed by atoms with Crippen LogP contribution in [0.5, 0.6) is 5.88 Å². The highest BCUT2D eigenvalue weighted by atomic mass is 35.5. The number of carbonyl (C=O) groups is 1. The molecule has 0 spiro atoms. The predicted molar refractivity (Wildman–Crippen MR) is 174 cm³/mol. The van der Waals surface area contributed by atoms with Crippen LogP contribution in [0.3, 0.4) is 0 Å². The van der Waals surface area contributed by atoms with Gasteiger partial charge in [0.05, 0.1) is 17.0 Å². The van der Waals surface area contributed by atoms with Gasteiger partial charge in [-0.3, -0.25) is 9.69 Å². The van der Waals surface area contributed by atoms with Crippen molar-refractivity contribution in [2.45, 2.75) is 13.1 Å². The molecule has 6 rings (SSSR count). The monoisotopic (exact) mass is 591 g/mol. The summed E-state index contributed by atoms with van der Waals surface area (Å²) in [4.78, 5) is 26.1. The second kappa shape index (κ2) is 12.8. The maximum atomic E-state index is 13.1. The molecule has 0 atom stereocenters. The highest BCUT2D eigenvalue weighted by Crippen LogP contribution is 2.32. The van der Waals surface area contributed by atoms with Gasteiger partial charge >= 0.3 is 0 Å². The first kappa shape index (κ1) is 28.7. The number of halogens is 1. The van der Waals surface area contributed by atoms with Crippen LogP contribution in [-0.4, -0.2) is 64.7 Å². The SMILES string of the molecule is CN1CCN(Cc2ccc(N=C(c3ccccc3)c3c(O)[nH]c4ccc(C(=O)NCc5cccc(Cl)c5)cc34)cc2)CC1. The second-order valence-electron chi connectivity index (χ2n) is 11.0. The van der Waals surface area contributed by atoms with Gasteiger partial charge in [-0.05, 0) is 60.6 Å². The Kier molecular flexibility index (Phi) is 8.56. The van der Waals surface area contributed by atoms with Crippen LogP contribution in [-0.2, 0) is 13.1 Å². The smallest absolute Gasteiger partial charge is 0.251 e. The molecule has 1 aromatic heterocycles. The molecule has 1 fully saturated rings. The van der Waals surface area contributed by atoms with Gasteiger partial charge in [-0.2, -0.15) is 0 Å². The van der Waals surface area contributed by atoms with Gasteiger partial charge in [-0.15, -0.1) is 0 Å². The topological polar surface area (TPSA) is 84.0 Å². The Morgan fingerprint density at radius 3 is 2.40 bits per heavy atom. The molecule has 0 unspecified atom stereocenters. The molecule has 218 valence electrons. The lowest BCUT2D eigenvalue weighted by atomic mass is 9.99. The number of aromatic nitrogens is 1. The third-order valence-corrected chi connectivity index (χ3v) is 8.08. The number of hydrogen-bond donors (Lipinski definition) is 3. The van der Waals surface area contributed by atoms with Gasteiger partial charge in [0.15, 0.2) is 5.88 Å². The van der Waals surface area contributed by atoms with Crippen molar-refractivity contribution in [3.63, 3.8) is 0 Å². The summed E-state index contributed by atoms with van der Waals surface area (Å²) in [7, 11) is 2.16. The fourth-order valence-electron chi connectivity index (χ4n) is 5.42. The number of carbonyl (C=O) groups excluding carboxylic acids is 1. The van der Waals surface area contributed by atoms with Crippen molar-refractivity contribution in [2.75, 3.05) is 33.2 Å². The number of likely N-dealkylation sites (N-methyl/N-ethyl adjacent to an activating group) is 1. The summed E-state index contributed by atoms with van der Waals surface area (Å²) in [6, 6.07) is 30.8. The zero-order valence-corrected chi connectivity index (χ0v) is 24.8. The van der Waals surface area contributed by atoms with Crippen LogP contribution in [0.1, 0.15) is 32.6 Å². The van der Waals surface area contributed by atoms with E-state index in [9.17, 15) is 9.90 Å². The molecule has 5 aromatic rings. The first-order valence-electron chi connectivity index (χ1n) is 14.4. The zero-order chi connectivity index (χ0) is 29.8. The Hall–Kier alpha value is -4.43. The Bertz CT molecular complexity index is 1760. The molecule has 1 aliphatic heterocycles. The maximum Gasteiger partial charge on any atom is 0.251 e. The number of piperazine rings is 1. The minimum absolute atomic E-state index is 0.000718. The molecule has 8 heteroatoms. The molecule has 3 N–H and O–H groups in total. The quantitative estimate of drug-likeness (QED) is 0.183. The van der Waals surface area contributed by atoms with Crippen molar-refractivity contribution >= 4 is 39.8 Å². The van der Waals surface area contributed by atoms with E-state index in [2.05, 4.69) is 39.3 Å². The molecular formula is C35H34ClN5O2. The normalized spacial score (nSPS) is 14.7. The predicted octanol–water partition coefficient (Wildman–Crippen LogP) is 6.37. The largest absolute Gasteiger partial charge is 0.494 e. The van der Waals surface area contributed by atoms with Crippen LogP contribution in [0.25, 0.3) is 10.9 Å². The minimum Gasteiger partial charge on any atom is -0.494 e. The summed E-state index contributed by atoms with van der Waals surface area (Å²) < 4.78 is 0. The van der Waals surface area contributed by atoms with E-state index in [1.165, 1.54) is 5.56 Å². The van der Waals surface area contributed by atoms with Crippen LogP contribution in [0.15, 0.2) is 102 Å². The highest BCUT2D eigenvalue weighted by Gasteiger charge is 2.20. The van der Waals surface area contributed by atoms with Crippen LogP contribution >= 0.6 is 11.6 Å². The van der Waals surface area contributed by atoms with E-state index < -0.39 is 0 Å². The molecule has 4 aromatic carbocycles. The Balaban J connectivity index is 1.31. The third kappa shape index (κ3) is 6.81. The number of fused-ring (bicyclic) bond motifs is 1. The second-order valence-corrected chi connectivity index (χ2v) is 11.4. The van der Waals surface area contributed by atoms with Crippen molar-refractivity contribution in [1.29, 1.82) is 0 Å². The third-order valence-electron chi connectivity index (χ3n) is 7.85. The Morgan fingerprint density at radius 1 is 0.884 bits per heavy atom. The lowest BCUT2D eigenvalue weighted by molar-refractivity contribution is 0.0951. The van der Waals surface area contributed by atoms with E-state index in [4.69, 9.17) is 16.6 Å². The number of amides is 1. The number of aliphatic imine (C=N–C) groups is 1. The summed E-state index contributed by atoms with van der Waals surface area (Å²) in [5, 5.41) is 15.4. The van der Waals surface area contributed by atoms with Crippen LogP contribution in [0.4, 0.5) is 5.69 Å². The summed E-state index contributed by atoms with van der Waals surface area (Å²) in [5.74, 6) is -0.219. The van der Waals surface area contributed by atoms with Crippen molar-refractivity contribution in [1.82, 2.24) is 20.1 Å². The number of nitrogens with zero attached hydrogens (tertiary/aromatic N) is 3. The molecular weight excluding hydrogens is 558 g/mol. The zero-order valence-electron chi connectivity index (χ0n) is 24.1. The molecule has 0 saturated carbocycles. The first-order chi connectivity index (χ1) is 20.9. The van der Waals surface area contributed by atoms with Gasteiger partial charge in [-0.1, -0.05) is 66.2 Å². The van der Waals surface area contributed by atoms with Crippen molar-refractivity contribution in [2.24, 2.45) is 4.99 Å². The standard InChI is InChI=1S/C35H34ClN5O2/c1-40-16-18-41(19-17-40)23-24-10-13-29(14-11-24)38-33(26-7-3-2-4-8-26)32-30-21-27(12-15-31(30)39-35(32)43)34(42)37-22-25-6-5-9-28(36)20-25/h2-15,20-21,39,43H,16-19,22-23H2,1H3,(H,37,42). The summed E-state index contributed by atoms with van der Waals surface area (Å²) in [6.45, 7) is 5.56. The van der Waals surface area contributed by atoms with E-state index in [1.807, 2.05) is 66.7 Å². The summed E-state index contributed by atoms with van der Waals surface area (Å²) in [6.07, 6.45) is 0. The fourth-order valence-corrected chi connectivity index (χ4v) is 5.63. The van der Waals surface area contributed by atoms with Gasteiger partial charge in [0, 0.05) is 66.3 Å². The Morgan fingerprint density at radius 2 is 1.65 bits per heavy atom. The maximum absolute atomic E-state index is 13.1. The van der Waals surface area contributed by atoms with Crippen molar-refractivity contribution in [3.8, 4) is 5.88 Å². The number of aromatic amines is 1. The summed E-state index contributed by atoms with van der Waals surface area (Å²) in [5.41, 5.74) is 6.16. The molecule has 0 radical (unpaired) electrons. The summed E-state index contributed by atoms with van der Waals surface area (Å²) >= 11 is 6.10.